The number of ketones is 1. The maximum atomic E-state index is 12.6. The fraction of sp³-hybridized carbons (Fsp3) is 0.571. The van der Waals surface area contributed by atoms with Crippen LogP contribution < -0.4 is 9.47 Å². The zero-order chi connectivity index (χ0) is 20.8. The van der Waals surface area contributed by atoms with Gasteiger partial charge >= 0.3 is 5.97 Å². The summed E-state index contributed by atoms with van der Waals surface area (Å²) >= 11 is 0. The zero-order valence-electron chi connectivity index (χ0n) is 17.4. The van der Waals surface area contributed by atoms with Gasteiger partial charge in [-0.15, -0.1) is 0 Å². The van der Waals surface area contributed by atoms with Crippen molar-refractivity contribution in [2.24, 2.45) is 5.92 Å². The number of carbonyl (C=O) groups excluding carboxylic acids is 2. The summed E-state index contributed by atoms with van der Waals surface area (Å²) in [5, 5.41) is 7.76. The predicted octanol–water partition coefficient (Wildman–Crippen LogP) is 3.77. The van der Waals surface area contributed by atoms with Gasteiger partial charge in [0.15, 0.2) is 5.78 Å². The molecular weight excluding hydrogens is 346 g/mol. The average Bonchev–Trinajstić information content (AvgIpc) is 2.57. The first-order valence-electron chi connectivity index (χ1n) is 9.07. The zero-order valence-corrected chi connectivity index (χ0v) is 17.4. The Morgan fingerprint density at radius 1 is 1.11 bits per heavy atom. The minimum Gasteiger partial charge on any atom is -0.496 e. The Morgan fingerprint density at radius 3 is 2.00 bits per heavy atom. The second-order valence-corrected chi connectivity index (χ2v) is 7.28. The number of hydrogen-bond acceptors (Lipinski definition) is 6. The van der Waals surface area contributed by atoms with E-state index in [1.54, 1.807) is 28.1 Å². The lowest BCUT2D eigenvalue weighted by Gasteiger charge is -2.29. The molecule has 0 aromatic heterocycles. The van der Waals surface area contributed by atoms with Crippen molar-refractivity contribution >= 4 is 17.5 Å². The normalized spacial score (nSPS) is 12.3. The summed E-state index contributed by atoms with van der Waals surface area (Å²) in [5.74, 6) is 0.285. The first kappa shape index (κ1) is 22.7. The number of methoxy groups -OCH3 is 2. The Morgan fingerprint density at radius 2 is 1.63 bits per heavy atom. The summed E-state index contributed by atoms with van der Waals surface area (Å²) in [7, 11) is 3.21. The van der Waals surface area contributed by atoms with Crippen LogP contribution >= 0.6 is 0 Å². The number of esters is 1. The first-order valence-corrected chi connectivity index (χ1v) is 9.07. The smallest absolute Gasteiger partial charge is 0.303 e. The molecule has 1 aromatic rings. The summed E-state index contributed by atoms with van der Waals surface area (Å²) in [5.41, 5.74) is 1.02. The number of benzene rings is 1. The summed E-state index contributed by atoms with van der Waals surface area (Å²) in [6, 6.07) is 3.81. The van der Waals surface area contributed by atoms with Crippen LogP contribution in [-0.2, 0) is 27.2 Å². The quantitative estimate of drug-likeness (QED) is 0.495. The van der Waals surface area contributed by atoms with Gasteiger partial charge in [-0.25, -0.2) is 0 Å². The van der Waals surface area contributed by atoms with Gasteiger partial charge in [-0.3, -0.25) is 9.59 Å². The Kier molecular flexibility index (Phi) is 8.00. The fourth-order valence-corrected chi connectivity index (χ4v) is 3.38. The Labute approximate surface area is 161 Å². The number of carbonyl (C=O) groups is 2. The third kappa shape index (κ3) is 6.38. The van der Waals surface area contributed by atoms with Crippen LogP contribution in [0.5, 0.6) is 11.5 Å². The molecule has 0 radical (unpaired) electrons. The Bertz CT molecular complexity index is 684. The molecule has 0 spiro atoms. The number of Topliss-reactive ketones (excluding diaryl/α,β-unsaturated/α-hetero) is 1. The van der Waals surface area contributed by atoms with Crippen molar-refractivity contribution in [2.75, 3.05) is 14.2 Å². The molecule has 0 saturated heterocycles. The molecule has 27 heavy (non-hydrogen) atoms. The maximum absolute atomic E-state index is 12.6. The van der Waals surface area contributed by atoms with Gasteiger partial charge in [0.1, 0.15) is 17.1 Å². The summed E-state index contributed by atoms with van der Waals surface area (Å²) in [6.45, 7) is 8.40. The number of hydrogen-bond donors (Lipinski definition) is 1. The van der Waals surface area contributed by atoms with E-state index >= 15 is 0 Å². The van der Waals surface area contributed by atoms with E-state index in [0.29, 0.717) is 24.3 Å². The molecule has 0 aliphatic heterocycles. The second kappa shape index (κ2) is 9.53. The SMILES string of the molecule is CCc1c(OC)cc(CC(CC(C)(C)OC(C)=O)C(=O)C(C)=N)cc1OC. The molecule has 1 aromatic carbocycles. The molecule has 150 valence electrons. The van der Waals surface area contributed by atoms with E-state index in [4.69, 9.17) is 19.6 Å². The van der Waals surface area contributed by atoms with Crippen LogP contribution in [0.2, 0.25) is 0 Å². The molecule has 0 aliphatic carbocycles. The lowest BCUT2D eigenvalue weighted by Crippen LogP contribution is -2.35. The Hall–Kier alpha value is -2.37. The molecule has 0 saturated carbocycles. The summed E-state index contributed by atoms with van der Waals surface area (Å²) in [4.78, 5) is 24.0. The van der Waals surface area contributed by atoms with E-state index < -0.39 is 17.5 Å². The largest absolute Gasteiger partial charge is 0.496 e. The van der Waals surface area contributed by atoms with E-state index in [-0.39, 0.29) is 11.5 Å². The molecular formula is C21H31NO5. The fourth-order valence-electron chi connectivity index (χ4n) is 3.38. The number of ether oxygens (including phenoxy) is 3. The van der Waals surface area contributed by atoms with Crippen LogP contribution in [0.1, 0.15) is 52.2 Å². The van der Waals surface area contributed by atoms with Gasteiger partial charge in [0.2, 0.25) is 0 Å². The van der Waals surface area contributed by atoms with Crippen molar-refractivity contribution in [2.45, 2.75) is 59.5 Å². The summed E-state index contributed by atoms with van der Waals surface area (Å²) < 4.78 is 16.3. The highest BCUT2D eigenvalue weighted by atomic mass is 16.6. The standard InChI is InChI=1S/C21H31NO5/c1-8-17-18(25-6)10-15(11-19(17)26-7)9-16(20(24)13(2)22)12-21(4,5)27-14(3)23/h10-11,16,22H,8-9,12H2,1-7H3. The highest BCUT2D eigenvalue weighted by Gasteiger charge is 2.31. The van der Waals surface area contributed by atoms with Crippen molar-refractivity contribution in [1.29, 1.82) is 5.41 Å². The van der Waals surface area contributed by atoms with Crippen LogP contribution in [0, 0.1) is 11.3 Å². The minimum atomic E-state index is -0.806. The van der Waals surface area contributed by atoms with Crippen LogP contribution in [0.4, 0.5) is 0 Å². The number of rotatable bonds is 10. The lowest BCUT2D eigenvalue weighted by atomic mass is 9.84. The van der Waals surface area contributed by atoms with Gasteiger partial charge in [-0.2, -0.15) is 0 Å². The average molecular weight is 377 g/mol. The molecule has 1 rings (SSSR count). The maximum Gasteiger partial charge on any atom is 0.303 e. The van der Waals surface area contributed by atoms with Crippen LogP contribution in [0.15, 0.2) is 12.1 Å². The first-order chi connectivity index (χ1) is 12.5. The van der Waals surface area contributed by atoms with Crippen molar-refractivity contribution < 1.29 is 23.8 Å². The third-order valence-electron chi connectivity index (χ3n) is 4.40. The lowest BCUT2D eigenvalue weighted by molar-refractivity contribution is -0.155. The monoisotopic (exact) mass is 377 g/mol. The van der Waals surface area contributed by atoms with Gasteiger partial charge < -0.3 is 19.6 Å². The molecule has 1 N–H and O–H groups in total. The van der Waals surface area contributed by atoms with Crippen LogP contribution in [0.3, 0.4) is 0 Å². The molecule has 0 fully saturated rings. The molecule has 0 heterocycles. The molecule has 1 atom stereocenters. The van der Waals surface area contributed by atoms with E-state index in [2.05, 4.69) is 0 Å². The van der Waals surface area contributed by atoms with Crippen molar-refractivity contribution in [1.82, 2.24) is 0 Å². The van der Waals surface area contributed by atoms with E-state index in [0.717, 1.165) is 17.5 Å². The van der Waals surface area contributed by atoms with Gasteiger partial charge in [0, 0.05) is 18.4 Å². The van der Waals surface area contributed by atoms with E-state index in [1.165, 1.54) is 13.8 Å². The topological polar surface area (TPSA) is 85.7 Å². The molecule has 6 heteroatoms. The van der Waals surface area contributed by atoms with E-state index in [9.17, 15) is 9.59 Å². The molecule has 0 amide bonds. The van der Waals surface area contributed by atoms with Gasteiger partial charge in [-0.05, 0) is 57.7 Å². The van der Waals surface area contributed by atoms with Crippen molar-refractivity contribution in [3.8, 4) is 11.5 Å². The predicted molar refractivity (Wildman–Crippen MR) is 105 cm³/mol. The molecule has 1 unspecified atom stereocenters. The molecule has 0 bridgehead atoms. The number of nitrogens with one attached hydrogen (secondary N) is 1. The molecule has 6 nitrogen and oxygen atoms in total. The minimum absolute atomic E-state index is 0.0114. The highest BCUT2D eigenvalue weighted by molar-refractivity contribution is 6.38. The van der Waals surface area contributed by atoms with Gasteiger partial charge in [0.05, 0.1) is 19.9 Å². The second-order valence-electron chi connectivity index (χ2n) is 7.28. The van der Waals surface area contributed by atoms with Crippen LogP contribution in [0.25, 0.3) is 0 Å². The van der Waals surface area contributed by atoms with Gasteiger partial charge in [0.25, 0.3) is 0 Å². The third-order valence-corrected chi connectivity index (χ3v) is 4.40. The van der Waals surface area contributed by atoms with Gasteiger partial charge in [-0.1, -0.05) is 6.92 Å². The summed E-state index contributed by atoms with van der Waals surface area (Å²) in [6.07, 6.45) is 1.48. The molecule has 0 aliphatic rings. The van der Waals surface area contributed by atoms with Crippen molar-refractivity contribution in [3.05, 3.63) is 23.3 Å². The van der Waals surface area contributed by atoms with E-state index in [1.807, 2.05) is 19.1 Å². The van der Waals surface area contributed by atoms with Crippen LogP contribution in [-0.4, -0.2) is 37.3 Å². The van der Waals surface area contributed by atoms with Crippen molar-refractivity contribution in [3.63, 3.8) is 0 Å². The highest BCUT2D eigenvalue weighted by Crippen LogP contribution is 2.33. The Balaban J connectivity index is 3.24.